The Morgan fingerprint density at radius 2 is 2.29 bits per heavy atom. The Bertz CT molecular complexity index is 452. The molecule has 2 heterocycles. The van der Waals surface area contributed by atoms with Gasteiger partial charge in [0.15, 0.2) is 0 Å². The van der Waals surface area contributed by atoms with Crippen LogP contribution in [0.25, 0.3) is 5.82 Å². The number of hydrogen-bond donors (Lipinski definition) is 0. The minimum atomic E-state index is -0.456. The third kappa shape index (κ3) is 1.45. The quantitative estimate of drug-likeness (QED) is 0.526. The lowest BCUT2D eigenvalue weighted by molar-refractivity contribution is -0.384. The largest absolute Gasteiger partial charge is 0.290 e. The minimum Gasteiger partial charge on any atom is -0.290 e. The smallest absolute Gasteiger partial charge is 0.274 e. The van der Waals surface area contributed by atoms with Gasteiger partial charge in [0.25, 0.3) is 5.69 Å². The van der Waals surface area contributed by atoms with Gasteiger partial charge in [-0.25, -0.2) is 9.97 Å². The van der Waals surface area contributed by atoms with Gasteiger partial charge in [-0.2, -0.15) is 0 Å². The van der Waals surface area contributed by atoms with Crippen LogP contribution >= 0.6 is 0 Å². The molecule has 0 amide bonds. The number of nitrogens with zero attached hydrogens (tertiary/aromatic N) is 4. The highest BCUT2D eigenvalue weighted by Gasteiger charge is 2.06. The molecule has 0 aliphatic heterocycles. The highest BCUT2D eigenvalue weighted by molar-refractivity contribution is 5.36. The first-order valence-electron chi connectivity index (χ1n) is 3.86. The van der Waals surface area contributed by atoms with Crippen LogP contribution in [0.2, 0.25) is 0 Å². The summed E-state index contributed by atoms with van der Waals surface area (Å²) in [5.74, 6) is 0.483. The van der Waals surface area contributed by atoms with Gasteiger partial charge in [-0.15, -0.1) is 0 Å². The molecular formula is C8H6N4O2. The SMILES string of the molecule is O=[N+]([O-])c1ccnc(-n2ccnc2)c1. The summed E-state index contributed by atoms with van der Waals surface area (Å²) >= 11 is 0. The Morgan fingerprint density at radius 3 is 2.93 bits per heavy atom. The fourth-order valence-electron chi connectivity index (χ4n) is 1.06. The lowest BCUT2D eigenvalue weighted by Gasteiger charge is -1.98. The maximum Gasteiger partial charge on any atom is 0.274 e. The number of hydrogen-bond acceptors (Lipinski definition) is 4. The summed E-state index contributed by atoms with van der Waals surface area (Å²) in [6, 6.07) is 2.74. The third-order valence-electron chi connectivity index (χ3n) is 1.71. The second-order valence-corrected chi connectivity index (χ2v) is 2.60. The van der Waals surface area contributed by atoms with Crippen molar-refractivity contribution in [3.8, 4) is 5.82 Å². The zero-order chi connectivity index (χ0) is 9.97. The summed E-state index contributed by atoms with van der Waals surface area (Å²) in [6.45, 7) is 0. The maximum atomic E-state index is 10.5. The van der Waals surface area contributed by atoms with E-state index in [4.69, 9.17) is 0 Å². The highest BCUT2D eigenvalue weighted by Crippen LogP contribution is 2.13. The summed E-state index contributed by atoms with van der Waals surface area (Å²) in [4.78, 5) is 17.8. The predicted octanol–water partition coefficient (Wildman–Crippen LogP) is 1.18. The monoisotopic (exact) mass is 190 g/mol. The zero-order valence-corrected chi connectivity index (χ0v) is 7.07. The van der Waals surface area contributed by atoms with Crippen LogP contribution in [-0.4, -0.2) is 19.5 Å². The number of aromatic nitrogens is 3. The Morgan fingerprint density at radius 1 is 1.43 bits per heavy atom. The van der Waals surface area contributed by atoms with Crippen molar-refractivity contribution >= 4 is 5.69 Å². The molecule has 0 atom stereocenters. The van der Waals surface area contributed by atoms with Crippen molar-refractivity contribution in [3.63, 3.8) is 0 Å². The van der Waals surface area contributed by atoms with Crippen LogP contribution in [-0.2, 0) is 0 Å². The second-order valence-electron chi connectivity index (χ2n) is 2.60. The second kappa shape index (κ2) is 3.25. The molecule has 0 aliphatic rings. The van der Waals surface area contributed by atoms with Crippen molar-refractivity contribution in [2.45, 2.75) is 0 Å². The summed E-state index contributed by atoms with van der Waals surface area (Å²) < 4.78 is 1.60. The van der Waals surface area contributed by atoms with Gasteiger partial charge in [-0.05, 0) is 0 Å². The van der Waals surface area contributed by atoms with Gasteiger partial charge in [0.1, 0.15) is 12.1 Å². The minimum absolute atomic E-state index is 0.0173. The molecule has 0 radical (unpaired) electrons. The van der Waals surface area contributed by atoms with Crippen LogP contribution in [0.15, 0.2) is 37.1 Å². The molecule has 0 unspecified atom stereocenters. The van der Waals surface area contributed by atoms with Crippen molar-refractivity contribution in [2.75, 3.05) is 0 Å². The summed E-state index contributed by atoms with van der Waals surface area (Å²) in [6.07, 6.45) is 6.19. The van der Waals surface area contributed by atoms with Crippen molar-refractivity contribution in [2.24, 2.45) is 0 Å². The van der Waals surface area contributed by atoms with Gasteiger partial charge in [0, 0.05) is 24.7 Å². The van der Waals surface area contributed by atoms with E-state index in [1.807, 2.05) is 0 Å². The fourth-order valence-corrected chi connectivity index (χ4v) is 1.06. The Balaban J connectivity index is 2.46. The van der Waals surface area contributed by atoms with E-state index in [9.17, 15) is 10.1 Å². The molecule has 0 N–H and O–H groups in total. The lowest BCUT2D eigenvalue weighted by Crippen LogP contribution is -1.96. The van der Waals surface area contributed by atoms with Gasteiger partial charge in [-0.1, -0.05) is 0 Å². The molecule has 0 fully saturated rings. The van der Waals surface area contributed by atoms with Gasteiger partial charge in [-0.3, -0.25) is 14.7 Å². The zero-order valence-electron chi connectivity index (χ0n) is 7.07. The van der Waals surface area contributed by atoms with E-state index >= 15 is 0 Å². The topological polar surface area (TPSA) is 73.8 Å². The molecule has 70 valence electrons. The first kappa shape index (κ1) is 8.36. The van der Waals surface area contributed by atoms with Crippen LogP contribution in [0.1, 0.15) is 0 Å². The summed E-state index contributed by atoms with van der Waals surface area (Å²) in [7, 11) is 0. The number of imidazole rings is 1. The molecule has 14 heavy (non-hydrogen) atoms. The van der Waals surface area contributed by atoms with Gasteiger partial charge >= 0.3 is 0 Å². The molecular weight excluding hydrogens is 184 g/mol. The standard InChI is InChI=1S/C8H6N4O2/c13-12(14)7-1-2-10-8(5-7)11-4-3-9-6-11/h1-6H. The summed E-state index contributed by atoms with van der Waals surface area (Å²) in [5.41, 5.74) is 0.0173. The molecule has 2 aromatic rings. The molecule has 0 saturated carbocycles. The van der Waals surface area contributed by atoms with Crippen molar-refractivity contribution in [1.82, 2.24) is 14.5 Å². The van der Waals surface area contributed by atoms with E-state index < -0.39 is 4.92 Å². The van der Waals surface area contributed by atoms with E-state index in [2.05, 4.69) is 9.97 Å². The molecule has 0 bridgehead atoms. The molecule has 0 saturated heterocycles. The summed E-state index contributed by atoms with van der Waals surface area (Å²) in [5, 5.41) is 10.5. The number of rotatable bonds is 2. The van der Waals surface area contributed by atoms with Crippen LogP contribution in [0.4, 0.5) is 5.69 Å². The number of pyridine rings is 1. The first-order valence-corrected chi connectivity index (χ1v) is 3.86. The first-order chi connectivity index (χ1) is 6.77. The normalized spacial score (nSPS) is 10.0. The van der Waals surface area contributed by atoms with Crippen LogP contribution in [0.3, 0.4) is 0 Å². The fraction of sp³-hybridized carbons (Fsp3) is 0. The van der Waals surface area contributed by atoms with E-state index in [1.54, 1.807) is 17.0 Å². The third-order valence-corrected chi connectivity index (χ3v) is 1.71. The molecule has 0 aromatic carbocycles. The maximum absolute atomic E-state index is 10.5. The van der Waals surface area contributed by atoms with E-state index in [0.29, 0.717) is 5.82 Å². The van der Waals surface area contributed by atoms with Crippen LogP contribution in [0.5, 0.6) is 0 Å². The van der Waals surface area contributed by atoms with Crippen LogP contribution in [0, 0.1) is 10.1 Å². The molecule has 0 aliphatic carbocycles. The molecule has 2 aromatic heterocycles. The lowest BCUT2D eigenvalue weighted by atomic mass is 10.4. The molecule has 2 rings (SSSR count). The average molecular weight is 190 g/mol. The van der Waals surface area contributed by atoms with Crippen molar-refractivity contribution in [1.29, 1.82) is 0 Å². The van der Waals surface area contributed by atoms with Crippen molar-refractivity contribution < 1.29 is 4.92 Å². The Kier molecular flexibility index (Phi) is 1.94. The molecule has 6 heteroatoms. The Hall–Kier alpha value is -2.24. The van der Waals surface area contributed by atoms with Gasteiger partial charge in [0.05, 0.1) is 11.0 Å². The van der Waals surface area contributed by atoms with E-state index in [1.165, 1.54) is 24.7 Å². The molecule has 6 nitrogen and oxygen atoms in total. The van der Waals surface area contributed by atoms with E-state index in [-0.39, 0.29) is 5.69 Å². The highest BCUT2D eigenvalue weighted by atomic mass is 16.6. The van der Waals surface area contributed by atoms with Gasteiger partial charge in [0.2, 0.25) is 0 Å². The van der Waals surface area contributed by atoms with Crippen LogP contribution < -0.4 is 0 Å². The van der Waals surface area contributed by atoms with Crippen molar-refractivity contribution in [3.05, 3.63) is 47.2 Å². The average Bonchev–Trinajstić information content (AvgIpc) is 2.71. The Labute approximate surface area is 79.0 Å². The van der Waals surface area contributed by atoms with Gasteiger partial charge < -0.3 is 0 Å². The molecule has 0 spiro atoms. The number of nitro groups is 1. The van der Waals surface area contributed by atoms with E-state index in [0.717, 1.165) is 0 Å². The predicted molar refractivity (Wildman–Crippen MR) is 48.0 cm³/mol.